The zero-order valence-electron chi connectivity index (χ0n) is 17.2. The molecule has 0 atom stereocenters. The monoisotopic (exact) mass is 443 g/mol. The molecule has 3 amide bonds. The van der Waals surface area contributed by atoms with Crippen LogP contribution in [-0.2, 0) is 4.79 Å². The van der Waals surface area contributed by atoms with Crippen LogP contribution in [0.2, 0.25) is 5.02 Å². The molecular weight excluding hydrogens is 421 g/mol. The standard InChI is InChI=1S/C23H23ClFN3O3/c1-26(21(29)15-6-7-15)20-5-3-2-4-18(20)23(31)28-12-10-27(11-13-28)22(30)17-9-8-16(25)14-19(17)24/h2-5,8-9,14-15H,6-7,10-13H2,1H3. The van der Waals surface area contributed by atoms with Gasteiger partial charge in [0.1, 0.15) is 5.82 Å². The predicted molar refractivity (Wildman–Crippen MR) is 116 cm³/mol. The van der Waals surface area contributed by atoms with Crippen molar-refractivity contribution >= 4 is 35.0 Å². The number of hydrogen-bond acceptors (Lipinski definition) is 3. The summed E-state index contributed by atoms with van der Waals surface area (Å²) in [6.45, 7) is 1.41. The van der Waals surface area contributed by atoms with Gasteiger partial charge in [-0.2, -0.15) is 0 Å². The summed E-state index contributed by atoms with van der Waals surface area (Å²) in [6, 6.07) is 10.8. The van der Waals surface area contributed by atoms with Crippen molar-refractivity contribution < 1.29 is 18.8 Å². The third-order valence-electron chi connectivity index (χ3n) is 5.77. The van der Waals surface area contributed by atoms with Crippen LogP contribution >= 0.6 is 11.6 Å². The number of anilines is 1. The summed E-state index contributed by atoms with van der Waals surface area (Å²) in [7, 11) is 1.70. The van der Waals surface area contributed by atoms with E-state index in [1.54, 1.807) is 39.9 Å². The van der Waals surface area contributed by atoms with E-state index in [2.05, 4.69) is 0 Å². The van der Waals surface area contributed by atoms with Crippen molar-refractivity contribution in [3.63, 3.8) is 0 Å². The lowest BCUT2D eigenvalue weighted by Crippen LogP contribution is -2.50. The van der Waals surface area contributed by atoms with Crippen molar-refractivity contribution in [1.29, 1.82) is 0 Å². The number of rotatable bonds is 4. The van der Waals surface area contributed by atoms with Gasteiger partial charge in [-0.25, -0.2) is 4.39 Å². The molecule has 0 unspecified atom stereocenters. The lowest BCUT2D eigenvalue weighted by atomic mass is 10.1. The molecule has 4 rings (SSSR count). The number of nitrogens with zero attached hydrogens (tertiary/aromatic N) is 3. The van der Waals surface area contributed by atoms with Gasteiger partial charge >= 0.3 is 0 Å². The summed E-state index contributed by atoms with van der Waals surface area (Å²) in [4.78, 5) is 43.3. The first-order chi connectivity index (χ1) is 14.9. The second-order valence-corrected chi connectivity index (χ2v) is 8.30. The van der Waals surface area contributed by atoms with Crippen LogP contribution in [-0.4, -0.2) is 60.7 Å². The molecule has 0 radical (unpaired) electrons. The van der Waals surface area contributed by atoms with Gasteiger partial charge in [0.15, 0.2) is 0 Å². The van der Waals surface area contributed by atoms with Gasteiger partial charge in [-0.3, -0.25) is 14.4 Å². The van der Waals surface area contributed by atoms with Gasteiger partial charge in [-0.1, -0.05) is 23.7 Å². The molecule has 162 valence electrons. The van der Waals surface area contributed by atoms with Gasteiger partial charge in [0.2, 0.25) is 5.91 Å². The molecule has 0 bridgehead atoms. The minimum Gasteiger partial charge on any atom is -0.335 e. The maximum absolute atomic E-state index is 13.3. The van der Waals surface area contributed by atoms with E-state index in [4.69, 9.17) is 11.6 Å². The first-order valence-corrected chi connectivity index (χ1v) is 10.6. The van der Waals surface area contributed by atoms with Gasteiger partial charge in [-0.05, 0) is 43.2 Å². The zero-order chi connectivity index (χ0) is 22.1. The molecule has 8 heteroatoms. The third-order valence-corrected chi connectivity index (χ3v) is 6.08. The van der Waals surface area contributed by atoms with Crippen LogP contribution < -0.4 is 4.90 Å². The molecular formula is C23H23ClFN3O3. The number of hydrogen-bond donors (Lipinski definition) is 0. The second-order valence-electron chi connectivity index (χ2n) is 7.90. The van der Waals surface area contributed by atoms with Crippen LogP contribution in [0.15, 0.2) is 42.5 Å². The molecule has 6 nitrogen and oxygen atoms in total. The third kappa shape index (κ3) is 4.42. The molecule has 2 fully saturated rings. The molecule has 0 aromatic heterocycles. The highest BCUT2D eigenvalue weighted by molar-refractivity contribution is 6.33. The lowest BCUT2D eigenvalue weighted by Gasteiger charge is -2.35. The molecule has 1 saturated carbocycles. The lowest BCUT2D eigenvalue weighted by molar-refractivity contribution is -0.119. The van der Waals surface area contributed by atoms with E-state index < -0.39 is 5.82 Å². The number of piperazine rings is 1. The van der Waals surface area contributed by atoms with Crippen LogP contribution in [0.4, 0.5) is 10.1 Å². The Bertz CT molecular complexity index is 1030. The Hall–Kier alpha value is -2.93. The fourth-order valence-electron chi connectivity index (χ4n) is 3.79. The second kappa shape index (κ2) is 8.67. The van der Waals surface area contributed by atoms with Crippen LogP contribution in [0.1, 0.15) is 33.6 Å². The summed E-state index contributed by atoms with van der Waals surface area (Å²) >= 11 is 6.02. The number of carbonyl (C=O) groups excluding carboxylic acids is 3. The summed E-state index contributed by atoms with van der Waals surface area (Å²) in [5.41, 5.74) is 1.31. The number of carbonyl (C=O) groups is 3. The Labute approximate surface area is 185 Å². The van der Waals surface area contributed by atoms with E-state index in [0.29, 0.717) is 37.4 Å². The number of benzene rings is 2. The molecule has 1 aliphatic heterocycles. The number of amides is 3. The van der Waals surface area contributed by atoms with Crippen molar-refractivity contribution in [3.8, 4) is 0 Å². The van der Waals surface area contributed by atoms with Gasteiger partial charge in [-0.15, -0.1) is 0 Å². The summed E-state index contributed by atoms with van der Waals surface area (Å²) in [5, 5.41) is 0.0702. The fourth-order valence-corrected chi connectivity index (χ4v) is 4.03. The minimum absolute atomic E-state index is 0.0341. The predicted octanol–water partition coefficient (Wildman–Crippen LogP) is 3.45. The number of halogens is 2. The van der Waals surface area contributed by atoms with Crippen molar-refractivity contribution in [2.24, 2.45) is 5.92 Å². The van der Waals surface area contributed by atoms with Crippen molar-refractivity contribution in [3.05, 3.63) is 64.4 Å². The van der Waals surface area contributed by atoms with Gasteiger partial charge in [0.25, 0.3) is 11.8 Å². The molecule has 0 spiro atoms. The molecule has 2 aromatic carbocycles. The van der Waals surface area contributed by atoms with Gasteiger partial charge < -0.3 is 14.7 Å². The fraction of sp³-hybridized carbons (Fsp3) is 0.348. The molecule has 2 aliphatic rings. The Morgan fingerprint density at radius 2 is 1.52 bits per heavy atom. The van der Waals surface area contributed by atoms with Gasteiger partial charge in [0, 0.05) is 39.1 Å². The number of para-hydroxylation sites is 1. The van der Waals surface area contributed by atoms with E-state index >= 15 is 0 Å². The summed E-state index contributed by atoms with van der Waals surface area (Å²) in [6.07, 6.45) is 1.79. The van der Waals surface area contributed by atoms with Crippen molar-refractivity contribution in [2.45, 2.75) is 12.8 Å². The van der Waals surface area contributed by atoms with Crippen LogP contribution in [0, 0.1) is 11.7 Å². The van der Waals surface area contributed by atoms with Crippen LogP contribution in [0.25, 0.3) is 0 Å². The summed E-state index contributed by atoms with van der Waals surface area (Å²) < 4.78 is 13.3. The average molecular weight is 444 g/mol. The SMILES string of the molecule is CN(C(=O)C1CC1)c1ccccc1C(=O)N1CCN(C(=O)c2ccc(F)cc2Cl)CC1. The van der Waals surface area contributed by atoms with Crippen molar-refractivity contribution in [2.75, 3.05) is 38.1 Å². The van der Waals surface area contributed by atoms with Crippen LogP contribution in [0.5, 0.6) is 0 Å². The Balaban J connectivity index is 1.44. The van der Waals surface area contributed by atoms with E-state index in [1.807, 2.05) is 6.07 Å². The molecule has 2 aromatic rings. The van der Waals surface area contributed by atoms with E-state index in [0.717, 1.165) is 18.9 Å². The van der Waals surface area contributed by atoms with E-state index in [1.165, 1.54) is 12.1 Å². The van der Waals surface area contributed by atoms with E-state index in [9.17, 15) is 18.8 Å². The normalized spacial score (nSPS) is 16.2. The quantitative estimate of drug-likeness (QED) is 0.727. The topological polar surface area (TPSA) is 60.9 Å². The average Bonchev–Trinajstić information content (AvgIpc) is 3.63. The summed E-state index contributed by atoms with van der Waals surface area (Å²) in [5.74, 6) is -0.862. The first kappa shape index (κ1) is 21.3. The molecule has 1 saturated heterocycles. The van der Waals surface area contributed by atoms with Crippen molar-refractivity contribution in [1.82, 2.24) is 9.80 Å². The highest BCUT2D eigenvalue weighted by atomic mass is 35.5. The Morgan fingerprint density at radius 1 is 0.935 bits per heavy atom. The molecule has 31 heavy (non-hydrogen) atoms. The Kier molecular flexibility index (Phi) is 5.96. The van der Waals surface area contributed by atoms with E-state index in [-0.39, 0.29) is 34.2 Å². The zero-order valence-corrected chi connectivity index (χ0v) is 17.9. The maximum atomic E-state index is 13.3. The highest BCUT2D eigenvalue weighted by Gasteiger charge is 2.34. The van der Waals surface area contributed by atoms with Gasteiger partial charge in [0.05, 0.1) is 21.8 Å². The molecule has 0 N–H and O–H groups in total. The minimum atomic E-state index is -0.499. The Morgan fingerprint density at radius 3 is 2.10 bits per heavy atom. The molecule has 1 aliphatic carbocycles. The molecule has 1 heterocycles. The van der Waals surface area contributed by atoms with Crippen LogP contribution in [0.3, 0.4) is 0 Å². The highest BCUT2D eigenvalue weighted by Crippen LogP contribution is 2.33. The smallest absolute Gasteiger partial charge is 0.256 e. The maximum Gasteiger partial charge on any atom is 0.256 e. The first-order valence-electron chi connectivity index (χ1n) is 10.3. The largest absolute Gasteiger partial charge is 0.335 e.